The van der Waals surface area contributed by atoms with Crippen LogP contribution in [0.5, 0.6) is 0 Å². The maximum atomic E-state index is 8.45. The highest BCUT2D eigenvalue weighted by Gasteiger charge is 1.91. The van der Waals surface area contributed by atoms with Crippen LogP contribution in [0.25, 0.3) is 0 Å². The predicted octanol–water partition coefficient (Wildman–Crippen LogP) is 4.29. The van der Waals surface area contributed by atoms with Gasteiger partial charge in [-0.2, -0.15) is 0 Å². The van der Waals surface area contributed by atoms with Crippen LogP contribution in [-0.2, 0) is 0 Å². The van der Waals surface area contributed by atoms with Crippen LogP contribution in [0.3, 0.4) is 0 Å². The first-order valence-electron chi connectivity index (χ1n) is 6.98. The minimum atomic E-state index is 0.0117. The average Bonchev–Trinajstić information content (AvgIpc) is 2.31. The molecule has 0 spiro atoms. The van der Waals surface area contributed by atoms with Crippen LogP contribution in [0.2, 0.25) is 0 Å². The van der Waals surface area contributed by atoms with Crippen LogP contribution in [0.1, 0.15) is 77.6 Å². The van der Waals surface area contributed by atoms with Gasteiger partial charge in [0.15, 0.2) is 0 Å². The van der Waals surface area contributed by atoms with Crippen molar-refractivity contribution in [1.82, 2.24) is 0 Å². The zero-order chi connectivity index (χ0) is 11.9. The molecule has 0 heterocycles. The molecule has 0 radical (unpaired) electrons. The zero-order valence-electron chi connectivity index (χ0n) is 10.9. The van der Waals surface area contributed by atoms with Crippen LogP contribution in [0, 0.1) is 11.8 Å². The Hall–Kier alpha value is -0.480. The number of aliphatic hydroxyl groups excluding tert-OH is 1. The molecule has 0 atom stereocenters. The molecule has 0 unspecified atom stereocenters. The van der Waals surface area contributed by atoms with Crippen molar-refractivity contribution in [3.05, 3.63) is 0 Å². The van der Waals surface area contributed by atoms with Crippen molar-refractivity contribution in [2.75, 3.05) is 6.61 Å². The molecule has 0 bridgehead atoms. The Morgan fingerprint density at radius 1 is 0.688 bits per heavy atom. The number of hydrogen-bond donors (Lipinski definition) is 1. The van der Waals surface area contributed by atoms with Crippen molar-refractivity contribution >= 4 is 0 Å². The fraction of sp³-hybridized carbons (Fsp3) is 0.867. The summed E-state index contributed by atoms with van der Waals surface area (Å²) in [5, 5.41) is 8.45. The average molecular weight is 224 g/mol. The van der Waals surface area contributed by atoms with Crippen molar-refractivity contribution in [2.24, 2.45) is 0 Å². The first kappa shape index (κ1) is 15.5. The summed E-state index contributed by atoms with van der Waals surface area (Å²) in [5.74, 6) is 5.64. The number of rotatable bonds is 10. The lowest BCUT2D eigenvalue weighted by atomic mass is 10.1. The largest absolute Gasteiger partial charge is 0.384 e. The van der Waals surface area contributed by atoms with Crippen LogP contribution in [0.4, 0.5) is 0 Å². The summed E-state index contributed by atoms with van der Waals surface area (Å²) < 4.78 is 0. The quantitative estimate of drug-likeness (QED) is 0.433. The SMILES string of the molecule is CCCCCCCCCCCCC#CCO. The fourth-order valence-electron chi connectivity index (χ4n) is 1.85. The molecule has 1 heteroatoms. The molecule has 0 saturated carbocycles. The molecule has 94 valence electrons. The Morgan fingerprint density at radius 3 is 1.69 bits per heavy atom. The van der Waals surface area contributed by atoms with Crippen molar-refractivity contribution in [3.63, 3.8) is 0 Å². The monoisotopic (exact) mass is 224 g/mol. The molecule has 0 aliphatic heterocycles. The van der Waals surface area contributed by atoms with E-state index in [1.54, 1.807) is 0 Å². The van der Waals surface area contributed by atoms with E-state index >= 15 is 0 Å². The summed E-state index contributed by atoms with van der Waals surface area (Å²) in [5.41, 5.74) is 0. The first-order chi connectivity index (χ1) is 7.91. The van der Waals surface area contributed by atoms with Gasteiger partial charge in [-0.25, -0.2) is 0 Å². The van der Waals surface area contributed by atoms with Gasteiger partial charge < -0.3 is 5.11 Å². The molecule has 0 saturated heterocycles. The molecule has 16 heavy (non-hydrogen) atoms. The Balaban J connectivity index is 2.93. The summed E-state index contributed by atoms with van der Waals surface area (Å²) in [6.07, 6.45) is 14.6. The smallest absolute Gasteiger partial charge is 0.104 e. The molecule has 0 amide bonds. The van der Waals surface area contributed by atoms with Gasteiger partial charge in [-0.3, -0.25) is 0 Å². The van der Waals surface area contributed by atoms with Gasteiger partial charge in [0.1, 0.15) is 6.61 Å². The minimum Gasteiger partial charge on any atom is -0.384 e. The maximum absolute atomic E-state index is 8.45. The van der Waals surface area contributed by atoms with Gasteiger partial charge in [0, 0.05) is 6.42 Å². The Kier molecular flexibility index (Phi) is 14.1. The predicted molar refractivity (Wildman–Crippen MR) is 71.3 cm³/mol. The third-order valence-corrected chi connectivity index (χ3v) is 2.86. The van der Waals surface area contributed by atoms with Gasteiger partial charge in [0.2, 0.25) is 0 Å². The van der Waals surface area contributed by atoms with Gasteiger partial charge >= 0.3 is 0 Å². The Bertz CT molecular complexity index is 176. The molecule has 0 aromatic carbocycles. The molecular formula is C15H28O. The summed E-state index contributed by atoms with van der Waals surface area (Å²) in [6.45, 7) is 2.28. The fourth-order valence-corrected chi connectivity index (χ4v) is 1.85. The molecule has 0 aliphatic carbocycles. The van der Waals surface area contributed by atoms with E-state index in [2.05, 4.69) is 18.8 Å². The lowest BCUT2D eigenvalue weighted by Gasteiger charge is -2.00. The normalized spacial score (nSPS) is 9.88. The summed E-state index contributed by atoms with van der Waals surface area (Å²) in [7, 11) is 0. The summed E-state index contributed by atoms with van der Waals surface area (Å²) >= 11 is 0. The number of hydrogen-bond acceptors (Lipinski definition) is 1. The van der Waals surface area contributed by atoms with Crippen LogP contribution in [-0.4, -0.2) is 11.7 Å². The van der Waals surface area contributed by atoms with E-state index in [-0.39, 0.29) is 6.61 Å². The highest BCUT2D eigenvalue weighted by molar-refractivity contribution is 4.98. The van der Waals surface area contributed by atoms with Gasteiger partial charge in [-0.15, -0.1) is 5.92 Å². The Morgan fingerprint density at radius 2 is 1.19 bits per heavy atom. The highest BCUT2D eigenvalue weighted by atomic mass is 16.2. The van der Waals surface area contributed by atoms with Crippen LogP contribution in [0.15, 0.2) is 0 Å². The van der Waals surface area contributed by atoms with Crippen LogP contribution < -0.4 is 0 Å². The van der Waals surface area contributed by atoms with Crippen molar-refractivity contribution in [2.45, 2.75) is 77.6 Å². The second kappa shape index (κ2) is 14.5. The van der Waals surface area contributed by atoms with Gasteiger partial charge in [-0.05, 0) is 6.42 Å². The van der Waals surface area contributed by atoms with Crippen molar-refractivity contribution in [3.8, 4) is 11.8 Å². The Labute approximate surface area is 102 Å². The maximum Gasteiger partial charge on any atom is 0.104 e. The summed E-state index contributed by atoms with van der Waals surface area (Å²) in [4.78, 5) is 0. The zero-order valence-corrected chi connectivity index (χ0v) is 10.9. The molecular weight excluding hydrogens is 196 g/mol. The van der Waals surface area contributed by atoms with E-state index < -0.39 is 0 Å². The van der Waals surface area contributed by atoms with E-state index in [4.69, 9.17) is 5.11 Å². The topological polar surface area (TPSA) is 20.2 Å². The second-order valence-electron chi connectivity index (χ2n) is 4.44. The number of aliphatic hydroxyl groups is 1. The third-order valence-electron chi connectivity index (χ3n) is 2.86. The van der Waals surface area contributed by atoms with Crippen molar-refractivity contribution < 1.29 is 5.11 Å². The van der Waals surface area contributed by atoms with Gasteiger partial charge in [-0.1, -0.05) is 70.6 Å². The molecule has 0 aliphatic rings. The second-order valence-corrected chi connectivity index (χ2v) is 4.44. The molecule has 1 nitrogen and oxygen atoms in total. The lowest BCUT2D eigenvalue weighted by molar-refractivity contribution is 0.350. The standard InChI is InChI=1S/C15H28O/c1-2-3-4-5-6-7-8-9-10-11-12-13-14-15-16/h16H,2-12,15H2,1H3. The van der Waals surface area contributed by atoms with E-state index in [1.807, 2.05) is 0 Å². The highest BCUT2D eigenvalue weighted by Crippen LogP contribution is 2.10. The molecule has 0 fully saturated rings. The minimum absolute atomic E-state index is 0.0117. The number of unbranched alkanes of at least 4 members (excludes halogenated alkanes) is 10. The molecule has 0 aromatic heterocycles. The lowest BCUT2D eigenvalue weighted by Crippen LogP contribution is -1.81. The summed E-state index contributed by atoms with van der Waals surface area (Å²) in [6, 6.07) is 0. The molecule has 0 rings (SSSR count). The van der Waals surface area contributed by atoms with Gasteiger partial charge in [0.05, 0.1) is 0 Å². The van der Waals surface area contributed by atoms with Crippen LogP contribution >= 0.6 is 0 Å². The van der Waals surface area contributed by atoms with Crippen molar-refractivity contribution in [1.29, 1.82) is 0 Å². The molecule has 1 N–H and O–H groups in total. The van der Waals surface area contributed by atoms with E-state index in [9.17, 15) is 0 Å². The van der Waals surface area contributed by atoms with E-state index in [0.717, 1.165) is 6.42 Å². The third kappa shape index (κ3) is 13.5. The molecule has 0 aromatic rings. The van der Waals surface area contributed by atoms with Gasteiger partial charge in [0.25, 0.3) is 0 Å². The van der Waals surface area contributed by atoms with E-state index in [1.165, 1.54) is 64.2 Å². The first-order valence-corrected chi connectivity index (χ1v) is 6.98. The van der Waals surface area contributed by atoms with E-state index in [0.29, 0.717) is 0 Å².